The Morgan fingerprint density at radius 2 is 1.63 bits per heavy atom. The number of rotatable bonds is 7. The molecular weight excluding hydrogens is 480 g/mol. The second-order valence-corrected chi connectivity index (χ2v) is 10.8. The van der Waals surface area contributed by atoms with Crippen molar-refractivity contribution in [2.45, 2.75) is 24.4 Å². The predicted molar refractivity (Wildman–Crippen MR) is 140 cm³/mol. The standard InChI is InChI=1S/C28H29ClN2O3S/c1-23-13-15-25(16-14-23)35(32,33)31(22-24-8-3-2-4-9-24)17-7-12-28(30-18-20-34-21-19-30)26-10-5-6-11-27(26)29/h2-6,8-11,13-16,28H,17-22H2,1H3. The molecule has 0 amide bonds. The van der Waals surface area contributed by atoms with Crippen LogP contribution in [0.15, 0.2) is 83.8 Å². The van der Waals surface area contributed by atoms with Crippen molar-refractivity contribution in [1.29, 1.82) is 0 Å². The maximum absolute atomic E-state index is 13.6. The van der Waals surface area contributed by atoms with Gasteiger partial charge >= 0.3 is 0 Å². The van der Waals surface area contributed by atoms with Gasteiger partial charge in [-0.1, -0.05) is 89.7 Å². The van der Waals surface area contributed by atoms with E-state index in [1.54, 1.807) is 12.1 Å². The Hall–Kier alpha value is -2.66. The first-order chi connectivity index (χ1) is 16.9. The largest absolute Gasteiger partial charge is 0.379 e. The van der Waals surface area contributed by atoms with E-state index in [4.69, 9.17) is 16.3 Å². The molecule has 4 rings (SSSR count). The average Bonchev–Trinajstić information content (AvgIpc) is 2.88. The topological polar surface area (TPSA) is 49.9 Å². The minimum Gasteiger partial charge on any atom is -0.379 e. The number of halogens is 1. The van der Waals surface area contributed by atoms with E-state index in [1.807, 2.05) is 73.7 Å². The Bertz CT molecular complexity index is 1280. The van der Waals surface area contributed by atoms with Crippen LogP contribution >= 0.6 is 11.6 Å². The van der Waals surface area contributed by atoms with Crippen LogP contribution in [0, 0.1) is 18.8 Å². The molecule has 1 saturated heterocycles. The monoisotopic (exact) mass is 508 g/mol. The van der Waals surface area contributed by atoms with E-state index in [1.165, 1.54) is 4.31 Å². The molecule has 0 aromatic heterocycles. The molecule has 0 saturated carbocycles. The van der Waals surface area contributed by atoms with Crippen molar-refractivity contribution >= 4 is 21.6 Å². The number of hydrogen-bond acceptors (Lipinski definition) is 4. The highest BCUT2D eigenvalue weighted by Gasteiger charge is 2.25. The molecule has 1 unspecified atom stereocenters. The van der Waals surface area contributed by atoms with Crippen LogP contribution in [0.3, 0.4) is 0 Å². The number of morpholine rings is 1. The highest BCUT2D eigenvalue weighted by atomic mass is 35.5. The van der Waals surface area contributed by atoms with Crippen molar-refractivity contribution in [1.82, 2.24) is 9.21 Å². The summed E-state index contributed by atoms with van der Waals surface area (Å²) in [6.07, 6.45) is 0. The third-order valence-electron chi connectivity index (χ3n) is 5.97. The van der Waals surface area contributed by atoms with Crippen LogP contribution in [0.1, 0.15) is 22.7 Å². The number of hydrogen-bond donors (Lipinski definition) is 0. The summed E-state index contributed by atoms with van der Waals surface area (Å²) in [7, 11) is -3.74. The third-order valence-corrected chi connectivity index (χ3v) is 8.12. The van der Waals surface area contributed by atoms with Gasteiger partial charge < -0.3 is 4.74 Å². The quantitative estimate of drug-likeness (QED) is 0.425. The second-order valence-electron chi connectivity index (χ2n) is 8.47. The molecule has 182 valence electrons. The fourth-order valence-electron chi connectivity index (χ4n) is 4.00. The second kappa shape index (κ2) is 11.9. The molecule has 1 aliphatic heterocycles. The maximum Gasteiger partial charge on any atom is 0.244 e. The molecule has 1 heterocycles. The molecule has 1 aliphatic rings. The Morgan fingerprint density at radius 3 is 2.31 bits per heavy atom. The van der Waals surface area contributed by atoms with Crippen LogP contribution < -0.4 is 0 Å². The van der Waals surface area contributed by atoms with Gasteiger partial charge in [-0.15, -0.1) is 0 Å². The van der Waals surface area contributed by atoms with Gasteiger partial charge in [-0.25, -0.2) is 8.42 Å². The molecule has 0 bridgehead atoms. The summed E-state index contributed by atoms with van der Waals surface area (Å²) < 4.78 is 34.1. The zero-order chi connectivity index (χ0) is 24.7. The molecule has 3 aromatic carbocycles. The zero-order valence-corrected chi connectivity index (χ0v) is 21.3. The normalized spacial score (nSPS) is 15.4. The highest BCUT2D eigenvalue weighted by Crippen LogP contribution is 2.28. The third kappa shape index (κ3) is 6.52. The van der Waals surface area contributed by atoms with Crippen LogP contribution in [0.25, 0.3) is 0 Å². The van der Waals surface area contributed by atoms with Crippen molar-refractivity contribution in [2.24, 2.45) is 0 Å². The van der Waals surface area contributed by atoms with E-state index < -0.39 is 10.0 Å². The van der Waals surface area contributed by atoms with E-state index in [0.717, 1.165) is 29.8 Å². The number of aryl methyl sites for hydroxylation is 1. The highest BCUT2D eigenvalue weighted by molar-refractivity contribution is 7.89. The van der Waals surface area contributed by atoms with Crippen LogP contribution in [-0.4, -0.2) is 50.5 Å². The zero-order valence-electron chi connectivity index (χ0n) is 19.7. The first-order valence-corrected chi connectivity index (χ1v) is 13.4. The minimum absolute atomic E-state index is 0.0659. The Kier molecular flexibility index (Phi) is 8.61. The van der Waals surface area contributed by atoms with Gasteiger partial charge in [-0.2, -0.15) is 4.31 Å². The van der Waals surface area contributed by atoms with E-state index in [-0.39, 0.29) is 24.0 Å². The average molecular weight is 509 g/mol. The number of sulfonamides is 1. The molecule has 1 atom stereocenters. The van der Waals surface area contributed by atoms with E-state index >= 15 is 0 Å². The van der Waals surface area contributed by atoms with Crippen molar-refractivity contribution in [2.75, 3.05) is 32.8 Å². The molecule has 3 aromatic rings. The maximum atomic E-state index is 13.6. The van der Waals surface area contributed by atoms with E-state index in [9.17, 15) is 8.42 Å². The van der Waals surface area contributed by atoms with Crippen LogP contribution in [0.4, 0.5) is 0 Å². The van der Waals surface area contributed by atoms with Gasteiger partial charge in [0.2, 0.25) is 10.0 Å². The Balaban J connectivity index is 1.65. The number of ether oxygens (including phenoxy) is 1. The van der Waals surface area contributed by atoms with Gasteiger partial charge in [-0.05, 0) is 36.2 Å². The lowest BCUT2D eigenvalue weighted by Crippen LogP contribution is -2.38. The minimum atomic E-state index is -3.74. The first kappa shape index (κ1) is 25.4. The fraction of sp³-hybridized carbons (Fsp3) is 0.286. The number of nitrogens with zero attached hydrogens (tertiary/aromatic N) is 2. The van der Waals surface area contributed by atoms with Gasteiger partial charge in [0.1, 0.15) is 0 Å². The summed E-state index contributed by atoms with van der Waals surface area (Å²) in [5, 5.41) is 0.645. The van der Waals surface area contributed by atoms with E-state index in [2.05, 4.69) is 16.7 Å². The Morgan fingerprint density at radius 1 is 0.971 bits per heavy atom. The van der Waals surface area contributed by atoms with Gasteiger partial charge in [-0.3, -0.25) is 4.90 Å². The van der Waals surface area contributed by atoms with Crippen molar-refractivity contribution in [3.63, 3.8) is 0 Å². The molecule has 0 N–H and O–H groups in total. The summed E-state index contributed by atoms with van der Waals surface area (Å²) in [6.45, 7) is 4.97. The summed E-state index contributed by atoms with van der Waals surface area (Å²) >= 11 is 6.52. The van der Waals surface area contributed by atoms with Crippen molar-refractivity contribution in [3.05, 3.63) is 101 Å². The van der Waals surface area contributed by atoms with Crippen molar-refractivity contribution in [3.8, 4) is 11.8 Å². The smallest absolute Gasteiger partial charge is 0.244 e. The molecule has 0 radical (unpaired) electrons. The number of benzene rings is 3. The fourth-order valence-corrected chi connectivity index (χ4v) is 5.57. The lowest BCUT2D eigenvalue weighted by atomic mass is 10.0. The lowest BCUT2D eigenvalue weighted by Gasteiger charge is -2.32. The molecule has 0 spiro atoms. The van der Waals surface area contributed by atoms with Crippen LogP contribution in [0.2, 0.25) is 5.02 Å². The van der Waals surface area contributed by atoms with Crippen LogP contribution in [-0.2, 0) is 21.3 Å². The summed E-state index contributed by atoms with van der Waals surface area (Å²) in [5.41, 5.74) is 2.83. The molecule has 0 aliphatic carbocycles. The molecule has 7 heteroatoms. The summed E-state index contributed by atoms with van der Waals surface area (Å²) in [4.78, 5) is 2.49. The SMILES string of the molecule is Cc1ccc(S(=O)(=O)N(CC#CC(c2ccccc2Cl)N2CCOCC2)Cc2ccccc2)cc1. The first-order valence-electron chi connectivity index (χ1n) is 11.6. The molecule has 1 fully saturated rings. The van der Waals surface area contributed by atoms with E-state index in [0.29, 0.717) is 18.2 Å². The van der Waals surface area contributed by atoms with Crippen LogP contribution in [0.5, 0.6) is 0 Å². The molecule has 5 nitrogen and oxygen atoms in total. The van der Waals surface area contributed by atoms with Gasteiger partial charge in [0.05, 0.1) is 30.7 Å². The Labute approximate surface area is 213 Å². The summed E-state index contributed by atoms with van der Waals surface area (Å²) in [5.74, 6) is 6.50. The van der Waals surface area contributed by atoms with Crippen molar-refractivity contribution < 1.29 is 13.2 Å². The van der Waals surface area contributed by atoms with Gasteiger partial charge in [0, 0.05) is 24.7 Å². The predicted octanol–water partition coefficient (Wildman–Crippen LogP) is 4.92. The lowest BCUT2D eigenvalue weighted by molar-refractivity contribution is 0.0270. The molecule has 35 heavy (non-hydrogen) atoms. The summed E-state index contributed by atoms with van der Waals surface area (Å²) in [6, 6.07) is 23.9. The molecular formula is C28H29ClN2O3S. The van der Waals surface area contributed by atoms with Gasteiger partial charge in [0.15, 0.2) is 0 Å². The van der Waals surface area contributed by atoms with Gasteiger partial charge in [0.25, 0.3) is 0 Å².